The summed E-state index contributed by atoms with van der Waals surface area (Å²) in [6, 6.07) is 15.1. The van der Waals surface area contributed by atoms with E-state index in [1.54, 1.807) is 6.07 Å². The molecule has 1 heterocycles. The topological polar surface area (TPSA) is 89.8 Å². The molecule has 2 amide bonds. The number of hydrogen-bond acceptors (Lipinski definition) is 5. The van der Waals surface area contributed by atoms with Gasteiger partial charge in [0, 0.05) is 11.6 Å². The highest BCUT2D eigenvalue weighted by Crippen LogP contribution is 2.22. The van der Waals surface area contributed by atoms with Gasteiger partial charge in [-0.05, 0) is 12.0 Å². The van der Waals surface area contributed by atoms with Gasteiger partial charge in [-0.3, -0.25) is 14.9 Å². The first-order valence-electron chi connectivity index (χ1n) is 7.81. The number of amides is 2. The Kier molecular flexibility index (Phi) is 4.74. The second kappa shape index (κ2) is 7.12. The van der Waals surface area contributed by atoms with Crippen molar-refractivity contribution in [3.8, 4) is 0 Å². The molecule has 0 spiro atoms. The molecule has 128 valence electrons. The minimum Gasteiger partial charge on any atom is -0.447 e. The number of carbonyl (C=O) groups is 2. The molecule has 2 aromatic carbocycles. The third kappa shape index (κ3) is 3.65. The summed E-state index contributed by atoms with van der Waals surface area (Å²) in [4.78, 5) is 36.2. The fourth-order valence-electron chi connectivity index (χ4n) is 2.89. The second-order valence-corrected chi connectivity index (χ2v) is 5.75. The standard InChI is InChI=1S/C18H16N2O5/c21-17(11-14-8-4-5-9-16(14)20(23)24)19-15(12-25-18(19)22)10-13-6-2-1-3-7-13/h1-9,15H,10-12H2. The number of imide groups is 1. The maximum atomic E-state index is 12.6. The smallest absolute Gasteiger partial charge is 0.416 e. The number of benzene rings is 2. The number of hydrogen-bond donors (Lipinski definition) is 0. The van der Waals surface area contributed by atoms with Crippen LogP contribution in [0.1, 0.15) is 11.1 Å². The Hall–Kier alpha value is -3.22. The molecule has 0 N–H and O–H groups in total. The fraction of sp³-hybridized carbons (Fsp3) is 0.222. The Morgan fingerprint density at radius 2 is 1.84 bits per heavy atom. The van der Waals surface area contributed by atoms with Crippen molar-refractivity contribution in [1.82, 2.24) is 4.90 Å². The average Bonchev–Trinajstić information content (AvgIpc) is 2.96. The molecule has 1 saturated heterocycles. The summed E-state index contributed by atoms with van der Waals surface area (Å²) in [6.07, 6.45) is -0.447. The van der Waals surface area contributed by atoms with Crippen LogP contribution in [-0.4, -0.2) is 34.5 Å². The van der Waals surface area contributed by atoms with Crippen molar-refractivity contribution in [3.05, 3.63) is 75.8 Å². The lowest BCUT2D eigenvalue weighted by molar-refractivity contribution is -0.385. The van der Waals surface area contributed by atoms with Crippen LogP contribution in [0.25, 0.3) is 0 Å². The third-order valence-electron chi connectivity index (χ3n) is 4.07. The maximum Gasteiger partial charge on any atom is 0.416 e. The van der Waals surface area contributed by atoms with Crippen molar-refractivity contribution in [2.75, 3.05) is 6.61 Å². The second-order valence-electron chi connectivity index (χ2n) is 5.75. The Morgan fingerprint density at radius 3 is 2.56 bits per heavy atom. The molecule has 1 fully saturated rings. The van der Waals surface area contributed by atoms with E-state index in [1.165, 1.54) is 18.2 Å². The summed E-state index contributed by atoms with van der Waals surface area (Å²) in [5.41, 5.74) is 1.12. The van der Waals surface area contributed by atoms with E-state index in [0.717, 1.165) is 10.5 Å². The molecular formula is C18H16N2O5. The lowest BCUT2D eigenvalue weighted by Crippen LogP contribution is -2.41. The first kappa shape index (κ1) is 16.6. The number of nitro benzene ring substituents is 1. The predicted molar refractivity (Wildman–Crippen MR) is 88.9 cm³/mol. The first-order valence-corrected chi connectivity index (χ1v) is 7.81. The Labute approximate surface area is 144 Å². The van der Waals surface area contributed by atoms with Crippen LogP contribution in [0.15, 0.2) is 54.6 Å². The highest BCUT2D eigenvalue weighted by atomic mass is 16.6. The molecular weight excluding hydrogens is 324 g/mol. The van der Waals surface area contributed by atoms with E-state index in [-0.39, 0.29) is 24.3 Å². The lowest BCUT2D eigenvalue weighted by Gasteiger charge is -2.19. The number of ether oxygens (including phenoxy) is 1. The first-order chi connectivity index (χ1) is 12.1. The van der Waals surface area contributed by atoms with E-state index in [9.17, 15) is 19.7 Å². The summed E-state index contributed by atoms with van der Waals surface area (Å²) in [5, 5.41) is 11.1. The molecule has 2 aromatic rings. The zero-order valence-corrected chi connectivity index (χ0v) is 13.3. The summed E-state index contributed by atoms with van der Waals surface area (Å²) in [7, 11) is 0. The minimum atomic E-state index is -0.704. The highest BCUT2D eigenvalue weighted by Gasteiger charge is 2.38. The van der Waals surface area contributed by atoms with Gasteiger partial charge in [0.25, 0.3) is 5.69 Å². The van der Waals surface area contributed by atoms with Crippen LogP contribution in [0.3, 0.4) is 0 Å². The zero-order chi connectivity index (χ0) is 17.8. The predicted octanol–water partition coefficient (Wildman–Crippen LogP) is 2.73. The van der Waals surface area contributed by atoms with Gasteiger partial charge in [0.15, 0.2) is 0 Å². The Morgan fingerprint density at radius 1 is 1.16 bits per heavy atom. The van der Waals surface area contributed by atoms with Gasteiger partial charge in [0.1, 0.15) is 6.61 Å². The Bertz CT molecular complexity index is 806. The van der Waals surface area contributed by atoms with Crippen LogP contribution >= 0.6 is 0 Å². The van der Waals surface area contributed by atoms with E-state index in [2.05, 4.69) is 0 Å². The van der Waals surface area contributed by atoms with Gasteiger partial charge in [-0.25, -0.2) is 9.69 Å². The van der Waals surface area contributed by atoms with E-state index >= 15 is 0 Å². The highest BCUT2D eigenvalue weighted by molar-refractivity contribution is 5.95. The number of para-hydroxylation sites is 1. The molecule has 1 unspecified atom stereocenters. The SMILES string of the molecule is O=C(Cc1ccccc1[N+](=O)[O-])N1C(=O)OCC1Cc1ccccc1. The van der Waals surface area contributed by atoms with Gasteiger partial charge in [0.2, 0.25) is 5.91 Å². The normalized spacial score (nSPS) is 16.6. The number of carbonyl (C=O) groups excluding carboxylic acids is 2. The van der Waals surface area contributed by atoms with Crippen LogP contribution in [-0.2, 0) is 22.4 Å². The van der Waals surface area contributed by atoms with Crippen LogP contribution in [0.2, 0.25) is 0 Å². The number of cyclic esters (lactones) is 1. The monoisotopic (exact) mass is 340 g/mol. The molecule has 7 nitrogen and oxygen atoms in total. The van der Waals surface area contributed by atoms with Crippen molar-refractivity contribution in [2.45, 2.75) is 18.9 Å². The molecule has 1 atom stereocenters. The number of nitrogens with zero attached hydrogens (tertiary/aromatic N) is 2. The van der Waals surface area contributed by atoms with Crippen molar-refractivity contribution in [2.24, 2.45) is 0 Å². The molecule has 0 bridgehead atoms. The van der Waals surface area contributed by atoms with Gasteiger partial charge in [-0.1, -0.05) is 48.5 Å². The third-order valence-corrected chi connectivity index (χ3v) is 4.07. The van der Waals surface area contributed by atoms with Gasteiger partial charge in [0.05, 0.1) is 17.4 Å². The van der Waals surface area contributed by atoms with Crippen LogP contribution < -0.4 is 0 Å². The molecule has 0 aromatic heterocycles. The fourth-order valence-corrected chi connectivity index (χ4v) is 2.89. The van der Waals surface area contributed by atoms with E-state index in [4.69, 9.17) is 4.74 Å². The van der Waals surface area contributed by atoms with Crippen molar-refractivity contribution < 1.29 is 19.2 Å². The van der Waals surface area contributed by atoms with Gasteiger partial charge >= 0.3 is 6.09 Å². The molecule has 3 rings (SSSR count). The van der Waals surface area contributed by atoms with E-state index in [0.29, 0.717) is 6.42 Å². The molecule has 0 saturated carbocycles. The number of rotatable bonds is 5. The molecule has 1 aliphatic rings. The van der Waals surface area contributed by atoms with Crippen LogP contribution in [0, 0.1) is 10.1 Å². The van der Waals surface area contributed by atoms with Gasteiger partial charge in [-0.2, -0.15) is 0 Å². The zero-order valence-electron chi connectivity index (χ0n) is 13.3. The van der Waals surface area contributed by atoms with Gasteiger partial charge in [-0.15, -0.1) is 0 Å². The summed E-state index contributed by atoms with van der Waals surface area (Å²) >= 11 is 0. The summed E-state index contributed by atoms with van der Waals surface area (Å²) in [6.45, 7) is 0.121. The summed E-state index contributed by atoms with van der Waals surface area (Å²) < 4.78 is 5.02. The van der Waals surface area contributed by atoms with Crippen molar-refractivity contribution in [3.63, 3.8) is 0 Å². The number of nitro groups is 1. The molecule has 25 heavy (non-hydrogen) atoms. The minimum absolute atomic E-state index is 0.121. The molecule has 0 aliphatic carbocycles. The largest absolute Gasteiger partial charge is 0.447 e. The molecule has 1 aliphatic heterocycles. The quantitative estimate of drug-likeness (QED) is 0.617. The van der Waals surface area contributed by atoms with Crippen LogP contribution in [0.4, 0.5) is 10.5 Å². The van der Waals surface area contributed by atoms with E-state index < -0.39 is 23.0 Å². The van der Waals surface area contributed by atoms with E-state index in [1.807, 2.05) is 30.3 Å². The average molecular weight is 340 g/mol. The summed E-state index contributed by atoms with van der Waals surface area (Å²) in [5.74, 6) is -0.502. The molecule has 0 radical (unpaired) electrons. The van der Waals surface area contributed by atoms with Gasteiger partial charge < -0.3 is 4.74 Å². The van der Waals surface area contributed by atoms with Crippen LogP contribution in [0.5, 0.6) is 0 Å². The lowest BCUT2D eigenvalue weighted by atomic mass is 10.0. The van der Waals surface area contributed by atoms with Crippen molar-refractivity contribution in [1.29, 1.82) is 0 Å². The Balaban J connectivity index is 1.78. The molecule has 7 heteroatoms. The maximum absolute atomic E-state index is 12.6. The van der Waals surface area contributed by atoms with Crippen molar-refractivity contribution >= 4 is 17.7 Å².